The zero-order valence-corrected chi connectivity index (χ0v) is 24.1. The van der Waals surface area contributed by atoms with E-state index in [-0.39, 0.29) is 23.5 Å². The van der Waals surface area contributed by atoms with E-state index in [1.165, 1.54) is 25.1 Å². The first-order chi connectivity index (χ1) is 19.3. The van der Waals surface area contributed by atoms with Crippen molar-refractivity contribution in [3.8, 4) is 16.9 Å². The zero-order valence-electron chi connectivity index (χ0n) is 24.1. The van der Waals surface area contributed by atoms with Crippen LogP contribution in [0.4, 0.5) is 8.78 Å². The third-order valence-corrected chi connectivity index (χ3v) is 7.02. The van der Waals surface area contributed by atoms with Crippen molar-refractivity contribution in [2.75, 3.05) is 14.2 Å². The Balaban J connectivity index is 2.03. The van der Waals surface area contributed by atoms with E-state index < -0.39 is 47.9 Å². The number of carbonyl (C=O) groups excluding carboxylic acids is 2. The molecule has 0 aliphatic carbocycles. The molecule has 0 saturated carbocycles. The molecule has 0 heterocycles. The van der Waals surface area contributed by atoms with Crippen molar-refractivity contribution in [2.24, 2.45) is 5.92 Å². The molecular formula is C32H36F2N2O5. The first-order valence-electron chi connectivity index (χ1n) is 13.3. The summed E-state index contributed by atoms with van der Waals surface area (Å²) in [5.41, 5.74) is 2.66. The number of benzene rings is 3. The summed E-state index contributed by atoms with van der Waals surface area (Å²) in [6, 6.07) is 12.1. The van der Waals surface area contributed by atoms with Crippen LogP contribution in [0.15, 0.2) is 54.6 Å². The zero-order chi connectivity index (χ0) is 30.4. The molecule has 3 aromatic carbocycles. The molecule has 2 atom stereocenters. The molecule has 0 aromatic heterocycles. The summed E-state index contributed by atoms with van der Waals surface area (Å²) < 4.78 is 35.5. The highest BCUT2D eigenvalue weighted by Crippen LogP contribution is 2.33. The van der Waals surface area contributed by atoms with Gasteiger partial charge in [0.05, 0.1) is 25.1 Å². The molecule has 41 heavy (non-hydrogen) atoms. The van der Waals surface area contributed by atoms with Crippen LogP contribution >= 0.6 is 0 Å². The Kier molecular flexibility index (Phi) is 10.2. The third-order valence-electron chi connectivity index (χ3n) is 7.02. The molecule has 3 aromatic rings. The second kappa shape index (κ2) is 13.4. The molecule has 9 heteroatoms. The van der Waals surface area contributed by atoms with Crippen LogP contribution in [0, 0.1) is 31.4 Å². The molecule has 2 amide bonds. The number of nitrogens with one attached hydrogen (secondary N) is 1. The number of hydrogen-bond acceptors (Lipinski definition) is 4. The molecule has 0 aliphatic rings. The second-order valence-corrected chi connectivity index (χ2v) is 10.5. The van der Waals surface area contributed by atoms with Crippen LogP contribution in [0.1, 0.15) is 59.8 Å². The van der Waals surface area contributed by atoms with Crippen LogP contribution in [-0.4, -0.2) is 48.0 Å². The van der Waals surface area contributed by atoms with Crippen molar-refractivity contribution in [2.45, 2.75) is 52.6 Å². The average molecular weight is 567 g/mol. The van der Waals surface area contributed by atoms with Crippen molar-refractivity contribution in [3.05, 3.63) is 88.5 Å². The van der Waals surface area contributed by atoms with Crippen molar-refractivity contribution in [1.29, 1.82) is 0 Å². The molecule has 0 bridgehead atoms. The average Bonchev–Trinajstić information content (AvgIpc) is 2.91. The highest BCUT2D eigenvalue weighted by atomic mass is 19.2. The van der Waals surface area contributed by atoms with E-state index in [4.69, 9.17) is 4.74 Å². The number of carboxylic acid groups (broad SMARTS) is 1. The van der Waals surface area contributed by atoms with Gasteiger partial charge in [-0.15, -0.1) is 0 Å². The summed E-state index contributed by atoms with van der Waals surface area (Å²) >= 11 is 0. The maximum Gasteiger partial charge on any atom is 0.305 e. The van der Waals surface area contributed by atoms with Gasteiger partial charge in [0.2, 0.25) is 5.91 Å². The Morgan fingerprint density at radius 3 is 2.22 bits per heavy atom. The molecule has 218 valence electrons. The van der Waals surface area contributed by atoms with Gasteiger partial charge < -0.3 is 20.1 Å². The minimum Gasteiger partial charge on any atom is -0.496 e. The number of ether oxygens (including phenoxy) is 1. The topological polar surface area (TPSA) is 95.9 Å². The first-order valence-corrected chi connectivity index (χ1v) is 13.3. The number of para-hydroxylation sites is 1. The number of hydrogen-bond donors (Lipinski definition) is 2. The fourth-order valence-corrected chi connectivity index (χ4v) is 5.00. The number of amides is 2. The summed E-state index contributed by atoms with van der Waals surface area (Å²) in [7, 11) is 2.90. The number of methoxy groups -OCH3 is 1. The predicted molar refractivity (Wildman–Crippen MR) is 153 cm³/mol. The lowest BCUT2D eigenvalue weighted by Crippen LogP contribution is -2.49. The highest BCUT2D eigenvalue weighted by Gasteiger charge is 2.33. The predicted octanol–water partition coefficient (Wildman–Crippen LogP) is 6.08. The van der Waals surface area contributed by atoms with Crippen LogP contribution in [0.25, 0.3) is 11.1 Å². The van der Waals surface area contributed by atoms with Crippen LogP contribution < -0.4 is 10.1 Å². The molecule has 0 unspecified atom stereocenters. The standard InChI is InChI=1S/C32H36F2N2O5/c1-18(2)14-26(36(5)32(40)22-12-7-8-13-27(22)41-6)31(39)35-25(17-28(37)38)23-15-21(16-24(33)30(23)34)29-19(3)10-9-11-20(29)4/h7-13,15-16,18,25-26H,14,17H2,1-6H3,(H,35,39)(H,37,38)/t25-,26-/m0/s1. The number of rotatable bonds is 11. The maximum atomic E-state index is 15.3. The van der Waals surface area contributed by atoms with Gasteiger partial charge in [0.15, 0.2) is 11.6 Å². The lowest BCUT2D eigenvalue weighted by atomic mass is 9.91. The molecule has 0 saturated heterocycles. The van der Waals surface area contributed by atoms with Gasteiger partial charge in [0.1, 0.15) is 11.8 Å². The molecule has 0 radical (unpaired) electrons. The van der Waals surface area contributed by atoms with Crippen molar-refractivity contribution in [3.63, 3.8) is 0 Å². The number of carbonyl (C=O) groups is 3. The second-order valence-electron chi connectivity index (χ2n) is 10.5. The Bertz CT molecular complexity index is 1420. The number of carboxylic acids is 1. The number of aliphatic carboxylic acids is 1. The fraction of sp³-hybridized carbons (Fsp3) is 0.344. The van der Waals surface area contributed by atoms with Gasteiger partial charge in [-0.1, -0.05) is 44.2 Å². The monoisotopic (exact) mass is 566 g/mol. The smallest absolute Gasteiger partial charge is 0.305 e. The van der Waals surface area contributed by atoms with Crippen LogP contribution in [0.3, 0.4) is 0 Å². The molecule has 0 aliphatic heterocycles. The van der Waals surface area contributed by atoms with Crippen molar-refractivity contribution >= 4 is 17.8 Å². The van der Waals surface area contributed by atoms with E-state index in [2.05, 4.69) is 5.32 Å². The number of nitrogens with zero attached hydrogens (tertiary/aromatic N) is 1. The van der Waals surface area contributed by atoms with Crippen LogP contribution in [0.2, 0.25) is 0 Å². The van der Waals surface area contributed by atoms with Gasteiger partial charge in [-0.3, -0.25) is 14.4 Å². The van der Waals surface area contributed by atoms with Crippen molar-refractivity contribution < 1.29 is 33.0 Å². The van der Waals surface area contributed by atoms with E-state index in [0.29, 0.717) is 16.9 Å². The van der Waals surface area contributed by atoms with Gasteiger partial charge in [-0.25, -0.2) is 8.78 Å². The molecule has 0 fully saturated rings. The van der Waals surface area contributed by atoms with Crippen LogP contribution in [-0.2, 0) is 9.59 Å². The number of likely N-dealkylation sites (N-methyl/N-ethyl adjacent to an activating group) is 1. The van der Waals surface area contributed by atoms with Crippen molar-refractivity contribution in [1.82, 2.24) is 10.2 Å². The van der Waals surface area contributed by atoms with Gasteiger partial charge in [-0.2, -0.15) is 0 Å². The van der Waals surface area contributed by atoms with E-state index in [9.17, 15) is 23.9 Å². The minimum absolute atomic E-state index is 0.0295. The number of halogens is 2. The Hall–Kier alpha value is -4.27. The van der Waals surface area contributed by atoms with Gasteiger partial charge >= 0.3 is 5.97 Å². The SMILES string of the molecule is COc1ccccc1C(=O)N(C)[C@@H](CC(C)C)C(=O)N[C@@H](CC(=O)O)c1cc(-c2c(C)cccc2C)cc(F)c1F. The lowest BCUT2D eigenvalue weighted by molar-refractivity contribution is -0.138. The molecule has 7 nitrogen and oxygen atoms in total. The maximum absolute atomic E-state index is 15.3. The summed E-state index contributed by atoms with van der Waals surface area (Å²) in [4.78, 5) is 40.2. The molecule has 2 N–H and O–H groups in total. The van der Waals surface area contributed by atoms with E-state index in [1.807, 2.05) is 45.9 Å². The quantitative estimate of drug-likeness (QED) is 0.294. The van der Waals surface area contributed by atoms with Gasteiger partial charge in [0, 0.05) is 12.6 Å². The van der Waals surface area contributed by atoms with E-state index >= 15 is 4.39 Å². The fourth-order valence-electron chi connectivity index (χ4n) is 5.00. The molecule has 3 rings (SSSR count). The molecular weight excluding hydrogens is 530 g/mol. The van der Waals surface area contributed by atoms with Gasteiger partial charge in [-0.05, 0) is 72.7 Å². The first kappa shape index (κ1) is 31.3. The Morgan fingerprint density at radius 2 is 1.63 bits per heavy atom. The Labute approximate surface area is 239 Å². The molecule has 0 spiro atoms. The number of aryl methyl sites for hydroxylation is 2. The third kappa shape index (κ3) is 7.28. The minimum atomic E-state index is -1.40. The lowest BCUT2D eigenvalue weighted by Gasteiger charge is -2.31. The van der Waals surface area contributed by atoms with E-state index in [1.54, 1.807) is 24.3 Å². The van der Waals surface area contributed by atoms with Crippen LogP contribution in [0.5, 0.6) is 5.75 Å². The highest BCUT2D eigenvalue weighted by molar-refractivity contribution is 5.99. The Morgan fingerprint density at radius 1 is 1.00 bits per heavy atom. The van der Waals surface area contributed by atoms with Gasteiger partial charge in [0.25, 0.3) is 5.91 Å². The summed E-state index contributed by atoms with van der Waals surface area (Å²) in [5, 5.41) is 12.2. The summed E-state index contributed by atoms with van der Waals surface area (Å²) in [6.45, 7) is 7.43. The normalized spacial score (nSPS) is 12.5. The summed E-state index contributed by atoms with van der Waals surface area (Å²) in [6.07, 6.45) is -0.459. The summed E-state index contributed by atoms with van der Waals surface area (Å²) in [5.74, 6) is -4.58. The largest absolute Gasteiger partial charge is 0.496 e. The van der Waals surface area contributed by atoms with E-state index in [0.717, 1.165) is 17.2 Å².